The number of phenolic OH excluding ortho intramolecular Hbond substituents is 1. The van der Waals surface area contributed by atoms with Crippen molar-refractivity contribution in [2.45, 2.75) is 98.6 Å². The monoisotopic (exact) mass is 1240 g/mol. The molecule has 5 N–H and O–H groups in total. The van der Waals surface area contributed by atoms with Crippen LogP contribution in [-0.4, -0.2) is 105 Å². The molecule has 7 heterocycles. The lowest BCUT2D eigenvalue weighted by atomic mass is 10.0. The van der Waals surface area contributed by atoms with Gasteiger partial charge in [-0.1, -0.05) is 62.3 Å². The number of benzene rings is 2. The number of halogens is 9. The van der Waals surface area contributed by atoms with Gasteiger partial charge in [0, 0.05) is 32.4 Å². The number of amides is 2. The number of hydrogen-bond donors (Lipinski definition) is 3. The summed E-state index contributed by atoms with van der Waals surface area (Å²) in [7, 11) is 0. The Morgan fingerprint density at radius 3 is 1.47 bits per heavy atom. The van der Waals surface area contributed by atoms with Crippen molar-refractivity contribution in [2.75, 3.05) is 29.3 Å². The molecule has 2 aromatic carbocycles. The fourth-order valence-electron chi connectivity index (χ4n) is 7.36. The topological polar surface area (TPSA) is 246 Å². The molecule has 20 nitrogen and oxygen atoms in total. The Bertz CT molecular complexity index is 3180. The largest absolute Gasteiger partial charge is 0.507 e. The third-order valence-electron chi connectivity index (χ3n) is 10.4. The van der Waals surface area contributed by atoms with Gasteiger partial charge in [0.2, 0.25) is 11.9 Å². The van der Waals surface area contributed by atoms with Gasteiger partial charge in [0.1, 0.15) is 29.3 Å². The SMILES string of the molecule is CC(C)(C)OC(=O)N1Cc2nc(N)nc(-c3c(Cl)cc(Cl)cc3OCCn3cc(F)cn3)c2C1.CC(C)(C)OC(=O)N1Cc2nc(N)nc(-c3c(O)cc(Cl)cc3Cl)c2C1.Fc1cnn(CCBr)c1.Fc1cnn(CCCl)c1. The van der Waals surface area contributed by atoms with Crippen LogP contribution >= 0.6 is 73.9 Å². The van der Waals surface area contributed by atoms with Gasteiger partial charge < -0.3 is 30.8 Å². The summed E-state index contributed by atoms with van der Waals surface area (Å²) in [6, 6.07) is 6.05. The van der Waals surface area contributed by atoms with Gasteiger partial charge >= 0.3 is 12.2 Å². The quantitative estimate of drug-likeness (QED) is 0.108. The maximum Gasteiger partial charge on any atom is 0.410 e. The number of hydrogen-bond acceptors (Lipinski definition) is 15. The van der Waals surface area contributed by atoms with E-state index in [9.17, 15) is 27.9 Å². The van der Waals surface area contributed by atoms with Crippen molar-refractivity contribution in [2.24, 2.45) is 0 Å². The maximum atomic E-state index is 13.2. The van der Waals surface area contributed by atoms with E-state index in [4.69, 9.17) is 83.7 Å². The van der Waals surface area contributed by atoms with Gasteiger partial charge in [-0.25, -0.2) is 42.7 Å². The van der Waals surface area contributed by atoms with E-state index in [1.54, 1.807) is 58.4 Å². The smallest absolute Gasteiger partial charge is 0.410 e. The van der Waals surface area contributed by atoms with Gasteiger partial charge in [0.05, 0.1) is 127 Å². The van der Waals surface area contributed by atoms with Gasteiger partial charge in [-0.3, -0.25) is 23.8 Å². The fraction of sp³-hybridized carbons (Fsp3) is 0.367. The highest BCUT2D eigenvalue weighted by molar-refractivity contribution is 9.09. The Balaban J connectivity index is 0.000000194. The predicted molar refractivity (Wildman–Crippen MR) is 293 cm³/mol. The van der Waals surface area contributed by atoms with Crippen LogP contribution in [0.3, 0.4) is 0 Å². The summed E-state index contributed by atoms with van der Waals surface area (Å²) in [6.45, 7) is 13.4. The first-order valence-electron chi connectivity index (χ1n) is 23.4. The number of nitrogen functional groups attached to an aromatic ring is 2. The predicted octanol–water partition coefficient (Wildman–Crippen LogP) is 11.4. The summed E-state index contributed by atoms with van der Waals surface area (Å²) in [5, 5.41) is 23.6. The lowest BCUT2D eigenvalue weighted by Gasteiger charge is -2.24. The third-order valence-corrected chi connectivity index (χ3v) is 12.0. The van der Waals surface area contributed by atoms with E-state index in [1.165, 1.54) is 56.1 Å². The Morgan fingerprint density at radius 2 is 1.06 bits per heavy atom. The van der Waals surface area contributed by atoms with Crippen LogP contribution in [0, 0.1) is 17.5 Å². The second-order valence-corrected chi connectivity index (χ2v) is 21.8. The number of rotatable bonds is 10. The summed E-state index contributed by atoms with van der Waals surface area (Å²) >= 11 is 33.5. The first-order valence-corrected chi connectivity index (χ1v) is 26.6. The molecular formula is C49H53BrCl5F3N14O6. The van der Waals surface area contributed by atoms with E-state index in [0.29, 0.717) is 91.4 Å². The van der Waals surface area contributed by atoms with Crippen molar-refractivity contribution < 1.29 is 42.1 Å². The minimum atomic E-state index is -0.641. The van der Waals surface area contributed by atoms with E-state index in [1.807, 2.05) is 0 Å². The second-order valence-electron chi connectivity index (χ2n) is 18.9. The third kappa shape index (κ3) is 17.1. The zero-order valence-corrected chi connectivity index (χ0v) is 48.1. The number of aromatic hydroxyl groups is 1. The van der Waals surface area contributed by atoms with Crippen molar-refractivity contribution in [3.63, 3.8) is 0 Å². The molecule has 0 saturated heterocycles. The standard InChI is InChI=1S/C22H23Cl2FN6O3.C17H18Cl2N4O3.C5H6BrFN2.C5H6ClFN2/c1-22(2,3)34-21(32)30-10-14-16(11-30)28-20(26)29-19(14)18-15(24)6-12(23)7-17(18)33-5-4-31-9-13(25)8-27-31;1-17(2,3)26-16(25)23-6-9-11(7-23)21-15(20)22-14(9)13-10(19)4-8(18)5-12(13)24;2*6-1-2-9-4-5(7)3-8-9/h6-9H,4-5,10-11H2,1-3H3,(H2,26,28,29);4-5,24H,6-7H2,1-3H3,(H2,20,21,22);2*3-4H,1-2H2. The van der Waals surface area contributed by atoms with Crippen LogP contribution < -0.4 is 16.2 Å². The summed E-state index contributed by atoms with van der Waals surface area (Å²) in [6.07, 6.45) is 6.47. The molecule has 78 heavy (non-hydrogen) atoms. The van der Waals surface area contributed by atoms with E-state index < -0.39 is 29.2 Å². The summed E-state index contributed by atoms with van der Waals surface area (Å²) in [5.41, 5.74) is 14.6. The Hall–Kier alpha value is -6.31. The van der Waals surface area contributed by atoms with Crippen molar-refractivity contribution in [3.05, 3.63) is 122 Å². The first-order chi connectivity index (χ1) is 36.7. The molecule has 2 aliphatic heterocycles. The number of carbonyl (C=O) groups is 2. The number of fused-ring (bicyclic) bond motifs is 2. The molecular weight excluding hydrogens is 1190 g/mol. The number of nitrogens with two attached hydrogens (primary N) is 2. The van der Waals surface area contributed by atoms with Gasteiger partial charge in [0.25, 0.3) is 0 Å². The highest BCUT2D eigenvalue weighted by Crippen LogP contribution is 2.44. The molecule has 5 aromatic heterocycles. The minimum Gasteiger partial charge on any atom is -0.507 e. The molecule has 9 rings (SSSR count). The van der Waals surface area contributed by atoms with E-state index in [-0.39, 0.29) is 67.1 Å². The van der Waals surface area contributed by atoms with Crippen LogP contribution in [-0.2, 0) is 55.3 Å². The van der Waals surface area contributed by atoms with Crippen LogP contribution in [0.5, 0.6) is 11.5 Å². The summed E-state index contributed by atoms with van der Waals surface area (Å²) in [4.78, 5) is 45.2. The van der Waals surface area contributed by atoms with Crippen molar-refractivity contribution >= 4 is 98.0 Å². The Kier molecular flexibility index (Phi) is 20.7. The zero-order chi connectivity index (χ0) is 57.2. The maximum absolute atomic E-state index is 13.2. The molecule has 0 atom stereocenters. The van der Waals surface area contributed by atoms with E-state index >= 15 is 0 Å². The molecule has 0 aliphatic carbocycles. The molecule has 0 fully saturated rings. The Labute approximate surface area is 479 Å². The Morgan fingerprint density at radius 1 is 0.641 bits per heavy atom. The average Bonchev–Trinajstić information content (AvgIpc) is 4.31. The molecule has 0 spiro atoms. The fourth-order valence-corrected chi connectivity index (χ4v) is 9.04. The van der Waals surface area contributed by atoms with Crippen LogP contribution in [0.1, 0.15) is 64.1 Å². The number of carbonyl (C=O) groups excluding carboxylic acids is 2. The number of aromatic nitrogens is 10. The van der Waals surface area contributed by atoms with E-state index in [0.717, 1.165) is 17.7 Å². The first kappa shape index (κ1) is 60.9. The molecule has 7 aromatic rings. The van der Waals surface area contributed by atoms with Crippen molar-refractivity contribution in [3.8, 4) is 34.0 Å². The lowest BCUT2D eigenvalue weighted by Crippen LogP contribution is -2.33. The number of phenols is 1. The lowest BCUT2D eigenvalue weighted by molar-refractivity contribution is 0.0231. The van der Waals surface area contributed by atoms with Gasteiger partial charge in [-0.05, 0) is 65.8 Å². The van der Waals surface area contributed by atoms with Gasteiger partial charge in [-0.15, -0.1) is 11.6 Å². The van der Waals surface area contributed by atoms with E-state index in [2.05, 4.69) is 51.2 Å². The number of aryl methyl sites for hydroxylation is 2. The number of alkyl halides is 2. The molecule has 0 saturated carbocycles. The molecule has 0 radical (unpaired) electrons. The molecule has 418 valence electrons. The second kappa shape index (κ2) is 26.6. The molecule has 2 amide bonds. The van der Waals surface area contributed by atoms with Crippen LogP contribution in [0.25, 0.3) is 22.5 Å². The molecule has 0 unspecified atom stereocenters. The minimum absolute atomic E-state index is 0.0233. The highest BCUT2D eigenvalue weighted by atomic mass is 79.9. The number of nitrogens with zero attached hydrogens (tertiary/aromatic N) is 12. The van der Waals surface area contributed by atoms with Crippen molar-refractivity contribution in [1.29, 1.82) is 0 Å². The van der Waals surface area contributed by atoms with Crippen LogP contribution in [0.15, 0.2) is 61.4 Å². The molecule has 29 heteroatoms. The highest BCUT2D eigenvalue weighted by Gasteiger charge is 2.35. The van der Waals surface area contributed by atoms with Crippen molar-refractivity contribution in [1.82, 2.24) is 59.1 Å². The molecule has 2 aliphatic rings. The van der Waals surface area contributed by atoms with Crippen LogP contribution in [0.2, 0.25) is 20.1 Å². The van der Waals surface area contributed by atoms with Crippen LogP contribution in [0.4, 0.5) is 34.7 Å². The average molecular weight is 1250 g/mol. The normalized spacial score (nSPS) is 12.6. The molecule has 0 bridgehead atoms. The number of ether oxygens (including phenoxy) is 3. The summed E-state index contributed by atoms with van der Waals surface area (Å²) < 4.78 is 58.7. The summed E-state index contributed by atoms with van der Waals surface area (Å²) in [5.74, 6) is -0.288. The number of anilines is 2. The van der Waals surface area contributed by atoms with Gasteiger partial charge in [-0.2, -0.15) is 15.3 Å². The van der Waals surface area contributed by atoms with Gasteiger partial charge in [0.15, 0.2) is 17.5 Å². The zero-order valence-electron chi connectivity index (χ0n) is 42.8.